The van der Waals surface area contributed by atoms with Gasteiger partial charge in [0, 0.05) is 11.8 Å². The molecule has 0 aliphatic heterocycles. The van der Waals surface area contributed by atoms with Crippen molar-refractivity contribution in [1.82, 2.24) is 9.97 Å². The van der Waals surface area contributed by atoms with Gasteiger partial charge in [0.2, 0.25) is 0 Å². The summed E-state index contributed by atoms with van der Waals surface area (Å²) in [6.07, 6.45) is 1.84. The summed E-state index contributed by atoms with van der Waals surface area (Å²) < 4.78 is 0. The Kier molecular flexibility index (Phi) is 1.51. The average molecular weight is 120 g/mol. The van der Waals surface area contributed by atoms with Gasteiger partial charge in [-0.05, 0) is 19.4 Å². The van der Waals surface area contributed by atoms with Crippen LogP contribution in [0.1, 0.15) is 11.4 Å². The van der Waals surface area contributed by atoms with E-state index in [9.17, 15) is 0 Å². The molecule has 9 heavy (non-hydrogen) atoms. The molecule has 1 heterocycles. The van der Waals surface area contributed by atoms with Crippen LogP contribution in [0.3, 0.4) is 0 Å². The summed E-state index contributed by atoms with van der Waals surface area (Å²) in [7, 11) is 1.99. The molecule has 0 aliphatic rings. The van der Waals surface area contributed by atoms with E-state index in [1.165, 1.54) is 0 Å². The molecule has 0 saturated carbocycles. The fraction of sp³-hybridized carbons (Fsp3) is 0.333. The first-order chi connectivity index (χ1) is 4.20. The Morgan fingerprint density at radius 1 is 1.44 bits per heavy atom. The molecule has 0 bridgehead atoms. The van der Waals surface area contributed by atoms with Gasteiger partial charge in [-0.15, -0.1) is 0 Å². The van der Waals surface area contributed by atoms with Crippen molar-refractivity contribution in [3.63, 3.8) is 0 Å². The van der Waals surface area contributed by atoms with Gasteiger partial charge in [-0.1, -0.05) is 0 Å². The number of hydrogen-bond acceptors (Lipinski definition) is 2. The Morgan fingerprint density at radius 3 is 2.56 bits per heavy atom. The largest absolute Gasteiger partial charge is 0.249 e. The highest BCUT2D eigenvalue weighted by Crippen LogP contribution is 1.86. The van der Waals surface area contributed by atoms with Crippen molar-refractivity contribution in [3.8, 4) is 0 Å². The molecule has 0 saturated heterocycles. The second-order valence-electron chi connectivity index (χ2n) is 2.19. The van der Waals surface area contributed by atoms with Gasteiger partial charge in [0.25, 0.3) is 0 Å². The molecule has 1 aromatic rings. The highest BCUT2D eigenvalue weighted by molar-refractivity contribution is 6.31. The maximum atomic E-state index is 4.16. The predicted molar refractivity (Wildman–Crippen MR) is 39.7 cm³/mol. The van der Waals surface area contributed by atoms with E-state index in [1.807, 2.05) is 27.9 Å². The van der Waals surface area contributed by atoms with Crippen LogP contribution in [0, 0.1) is 13.8 Å². The fourth-order valence-corrected chi connectivity index (χ4v) is 0.643. The Labute approximate surface area is 55.8 Å². The first-order valence-corrected chi connectivity index (χ1v) is 2.97. The van der Waals surface area contributed by atoms with Crippen LogP contribution in [0.5, 0.6) is 0 Å². The van der Waals surface area contributed by atoms with Gasteiger partial charge in [-0.25, -0.2) is 9.97 Å². The van der Waals surface area contributed by atoms with E-state index in [2.05, 4.69) is 9.97 Å². The van der Waals surface area contributed by atoms with Crippen molar-refractivity contribution >= 4 is 13.4 Å². The van der Waals surface area contributed by atoms with Crippen LogP contribution in [0.25, 0.3) is 0 Å². The topological polar surface area (TPSA) is 25.8 Å². The first-order valence-electron chi connectivity index (χ1n) is 2.97. The third-order valence-electron chi connectivity index (χ3n) is 1.35. The van der Waals surface area contributed by atoms with Gasteiger partial charge in [0.1, 0.15) is 5.82 Å². The third-order valence-corrected chi connectivity index (χ3v) is 1.35. The minimum absolute atomic E-state index is 0.845. The number of aryl methyl sites for hydroxylation is 2. The fourth-order valence-electron chi connectivity index (χ4n) is 0.643. The van der Waals surface area contributed by atoms with E-state index < -0.39 is 0 Å². The zero-order valence-electron chi connectivity index (χ0n) is 5.97. The van der Waals surface area contributed by atoms with Crippen LogP contribution in [0.4, 0.5) is 0 Å². The minimum atomic E-state index is 0.845. The number of hydrogen-bond donors (Lipinski definition) is 0. The normalized spacial score (nSPS) is 9.56. The molecule has 1 rings (SSSR count). The van der Waals surface area contributed by atoms with E-state index in [-0.39, 0.29) is 0 Å². The van der Waals surface area contributed by atoms with E-state index >= 15 is 0 Å². The van der Waals surface area contributed by atoms with Gasteiger partial charge in [-0.3, -0.25) is 0 Å². The van der Waals surface area contributed by atoms with Crippen LogP contribution >= 0.6 is 0 Å². The molecule has 0 aromatic carbocycles. The summed E-state index contributed by atoms with van der Waals surface area (Å²) in [6.45, 7) is 3.90. The van der Waals surface area contributed by atoms with Crippen LogP contribution in [-0.4, -0.2) is 17.8 Å². The van der Waals surface area contributed by atoms with E-state index in [0.29, 0.717) is 0 Å². The van der Waals surface area contributed by atoms with E-state index in [0.717, 1.165) is 17.0 Å². The maximum Gasteiger partial charge on any atom is 0.164 e. The zero-order valence-corrected chi connectivity index (χ0v) is 5.97. The molecule has 0 aliphatic carbocycles. The number of nitrogens with zero attached hydrogens (tertiary/aromatic N) is 2. The molecule has 0 fully saturated rings. The Balaban J connectivity index is 3.17. The summed E-state index contributed by atoms with van der Waals surface area (Å²) in [5.74, 6) is 0.845. The van der Waals surface area contributed by atoms with E-state index in [4.69, 9.17) is 0 Å². The molecule has 2 nitrogen and oxygen atoms in total. The third kappa shape index (κ3) is 1.28. The van der Waals surface area contributed by atoms with Crippen LogP contribution < -0.4 is 5.59 Å². The highest BCUT2D eigenvalue weighted by Gasteiger charge is 1.91. The SMILES string of the molecule is Bc1nc(C)ncc1C. The van der Waals surface area contributed by atoms with Crippen molar-refractivity contribution in [2.45, 2.75) is 13.8 Å². The molecule has 0 unspecified atom stereocenters. The Morgan fingerprint density at radius 2 is 2.11 bits per heavy atom. The Bertz CT molecular complexity index is 222. The quantitative estimate of drug-likeness (QED) is 0.425. The summed E-state index contributed by atoms with van der Waals surface area (Å²) in [4.78, 5) is 8.19. The highest BCUT2D eigenvalue weighted by atomic mass is 14.9. The number of aromatic nitrogens is 2. The zero-order chi connectivity index (χ0) is 6.85. The maximum absolute atomic E-state index is 4.16. The lowest BCUT2D eigenvalue weighted by Gasteiger charge is -1.96. The molecule has 3 heteroatoms. The molecular weight excluding hydrogens is 111 g/mol. The second kappa shape index (κ2) is 2.17. The smallest absolute Gasteiger partial charge is 0.164 e. The van der Waals surface area contributed by atoms with E-state index in [1.54, 1.807) is 0 Å². The molecule has 0 N–H and O–H groups in total. The van der Waals surface area contributed by atoms with Gasteiger partial charge in [0.05, 0.1) is 0 Å². The lowest BCUT2D eigenvalue weighted by Crippen LogP contribution is -2.14. The Hall–Kier alpha value is -0.855. The summed E-state index contributed by atoms with van der Waals surface area (Å²) >= 11 is 0. The van der Waals surface area contributed by atoms with Crippen LogP contribution in [-0.2, 0) is 0 Å². The average Bonchev–Trinajstić information content (AvgIpc) is 1.80. The lowest BCUT2D eigenvalue weighted by molar-refractivity contribution is 1.06. The monoisotopic (exact) mass is 120 g/mol. The molecule has 0 spiro atoms. The van der Waals surface area contributed by atoms with Gasteiger partial charge < -0.3 is 0 Å². The van der Waals surface area contributed by atoms with Crippen LogP contribution in [0.2, 0.25) is 0 Å². The van der Waals surface area contributed by atoms with Crippen molar-refractivity contribution in [1.29, 1.82) is 0 Å². The van der Waals surface area contributed by atoms with Crippen molar-refractivity contribution in [2.24, 2.45) is 0 Å². The minimum Gasteiger partial charge on any atom is -0.249 e. The predicted octanol–water partition coefficient (Wildman–Crippen LogP) is -0.648. The molecule has 0 amide bonds. The lowest BCUT2D eigenvalue weighted by atomic mass is 10.00. The van der Waals surface area contributed by atoms with Crippen molar-refractivity contribution < 1.29 is 0 Å². The first kappa shape index (κ1) is 6.27. The molecular formula is C6H9BN2. The molecule has 0 atom stereocenters. The van der Waals surface area contributed by atoms with Crippen molar-refractivity contribution in [3.05, 3.63) is 17.6 Å². The van der Waals surface area contributed by atoms with Gasteiger partial charge >= 0.3 is 0 Å². The second-order valence-corrected chi connectivity index (χ2v) is 2.19. The summed E-state index contributed by atoms with van der Waals surface area (Å²) in [6, 6.07) is 0. The summed E-state index contributed by atoms with van der Waals surface area (Å²) in [5.41, 5.74) is 2.23. The van der Waals surface area contributed by atoms with Gasteiger partial charge in [-0.2, -0.15) is 0 Å². The van der Waals surface area contributed by atoms with Gasteiger partial charge in [0.15, 0.2) is 7.85 Å². The molecule has 0 radical (unpaired) electrons. The standard InChI is InChI=1S/C6H9BN2/c1-4-3-8-5(2)9-6(4)7/h3H,7H2,1-2H3. The van der Waals surface area contributed by atoms with Crippen LogP contribution in [0.15, 0.2) is 6.20 Å². The molecule has 46 valence electrons. The summed E-state index contributed by atoms with van der Waals surface area (Å²) in [5, 5.41) is 0. The van der Waals surface area contributed by atoms with Crippen molar-refractivity contribution in [2.75, 3.05) is 0 Å². The number of rotatable bonds is 0. The molecule has 1 aromatic heterocycles.